The van der Waals surface area contributed by atoms with Gasteiger partial charge in [-0.3, -0.25) is 9.59 Å². The summed E-state index contributed by atoms with van der Waals surface area (Å²) in [6.45, 7) is 1.72. The molecule has 0 fully saturated rings. The lowest BCUT2D eigenvalue weighted by molar-refractivity contribution is 0.102. The van der Waals surface area contributed by atoms with Crippen LogP contribution in [0, 0.1) is 6.92 Å². The van der Waals surface area contributed by atoms with Gasteiger partial charge in [0.15, 0.2) is 5.43 Å². The third-order valence-electron chi connectivity index (χ3n) is 2.13. The maximum Gasteiger partial charge on any atom is 0.273 e. The highest BCUT2D eigenvalue weighted by Gasteiger charge is 2.08. The highest BCUT2D eigenvalue weighted by molar-refractivity contribution is 6.02. The first kappa shape index (κ1) is 11.1. The van der Waals surface area contributed by atoms with E-state index in [0.717, 1.165) is 0 Å². The molecule has 2 aromatic heterocycles. The van der Waals surface area contributed by atoms with Gasteiger partial charge in [0.1, 0.15) is 11.5 Å². The molecule has 0 aliphatic carbocycles. The number of aromatic nitrogens is 2. The third kappa shape index (κ3) is 2.78. The van der Waals surface area contributed by atoms with E-state index in [1.807, 2.05) is 0 Å². The van der Waals surface area contributed by atoms with Crippen LogP contribution in [-0.2, 0) is 0 Å². The molecule has 0 atom stereocenters. The Kier molecular flexibility index (Phi) is 3.00. The van der Waals surface area contributed by atoms with Crippen molar-refractivity contribution in [3.63, 3.8) is 0 Å². The van der Waals surface area contributed by atoms with Crippen molar-refractivity contribution >= 4 is 11.7 Å². The van der Waals surface area contributed by atoms with Gasteiger partial charge in [-0.1, -0.05) is 6.07 Å². The first-order chi connectivity index (χ1) is 8.15. The molecular weight excluding hydrogens is 218 g/mol. The van der Waals surface area contributed by atoms with Gasteiger partial charge < -0.3 is 10.3 Å². The van der Waals surface area contributed by atoms with Crippen LogP contribution in [0.15, 0.2) is 41.3 Å². The van der Waals surface area contributed by atoms with Crippen LogP contribution in [0.2, 0.25) is 0 Å². The molecule has 0 aliphatic heterocycles. The number of H-pyrrole nitrogens is 1. The van der Waals surface area contributed by atoms with Gasteiger partial charge in [-0.2, -0.15) is 0 Å². The Hall–Kier alpha value is -2.43. The van der Waals surface area contributed by atoms with Crippen LogP contribution in [0.3, 0.4) is 0 Å². The third-order valence-corrected chi connectivity index (χ3v) is 2.13. The Morgan fingerprint density at radius 1 is 1.35 bits per heavy atom. The Labute approximate surface area is 97.5 Å². The number of aryl methyl sites for hydroxylation is 1. The lowest BCUT2D eigenvalue weighted by Gasteiger charge is -2.04. The van der Waals surface area contributed by atoms with Gasteiger partial charge in [0, 0.05) is 24.0 Å². The summed E-state index contributed by atoms with van der Waals surface area (Å²) < 4.78 is 0. The smallest absolute Gasteiger partial charge is 0.273 e. The van der Waals surface area contributed by atoms with Crippen molar-refractivity contribution in [2.75, 3.05) is 5.32 Å². The number of nitrogens with zero attached hydrogens (tertiary/aromatic N) is 1. The molecule has 5 heteroatoms. The molecule has 0 radical (unpaired) electrons. The highest BCUT2D eigenvalue weighted by atomic mass is 16.2. The lowest BCUT2D eigenvalue weighted by Crippen LogP contribution is -2.17. The summed E-state index contributed by atoms with van der Waals surface area (Å²) >= 11 is 0. The van der Waals surface area contributed by atoms with Gasteiger partial charge in [0.2, 0.25) is 0 Å². The molecule has 1 amide bonds. The van der Waals surface area contributed by atoms with Crippen LogP contribution in [0.5, 0.6) is 0 Å². The molecule has 0 aliphatic rings. The number of amides is 1. The van der Waals surface area contributed by atoms with E-state index in [-0.39, 0.29) is 17.0 Å². The molecule has 0 saturated carbocycles. The molecule has 0 saturated heterocycles. The zero-order valence-electron chi connectivity index (χ0n) is 9.23. The Morgan fingerprint density at radius 3 is 2.82 bits per heavy atom. The monoisotopic (exact) mass is 229 g/mol. The fourth-order valence-electron chi connectivity index (χ4n) is 1.42. The molecule has 0 bridgehead atoms. The van der Waals surface area contributed by atoms with E-state index in [1.54, 1.807) is 31.3 Å². The topological polar surface area (TPSA) is 74.8 Å². The predicted octanol–water partition coefficient (Wildman–Crippen LogP) is 1.33. The normalized spacial score (nSPS) is 9.94. The van der Waals surface area contributed by atoms with Gasteiger partial charge in [0.05, 0.1) is 0 Å². The van der Waals surface area contributed by atoms with Gasteiger partial charge in [-0.25, -0.2) is 4.98 Å². The molecule has 2 heterocycles. The van der Waals surface area contributed by atoms with Crippen molar-refractivity contribution in [3.05, 3.63) is 58.1 Å². The van der Waals surface area contributed by atoms with Crippen molar-refractivity contribution < 1.29 is 4.79 Å². The van der Waals surface area contributed by atoms with Gasteiger partial charge >= 0.3 is 0 Å². The second-order valence-corrected chi connectivity index (χ2v) is 3.58. The minimum Gasteiger partial charge on any atom is -0.354 e. The Morgan fingerprint density at radius 2 is 2.18 bits per heavy atom. The van der Waals surface area contributed by atoms with Crippen LogP contribution >= 0.6 is 0 Å². The zero-order valence-corrected chi connectivity index (χ0v) is 9.23. The number of aromatic amines is 1. The summed E-state index contributed by atoms with van der Waals surface area (Å²) in [5.41, 5.74) is 0.664. The predicted molar refractivity (Wildman–Crippen MR) is 64.0 cm³/mol. The number of carbonyl (C=O) groups is 1. The van der Waals surface area contributed by atoms with Crippen LogP contribution in [0.1, 0.15) is 16.2 Å². The highest BCUT2D eigenvalue weighted by Crippen LogP contribution is 2.03. The molecule has 0 unspecified atom stereocenters. The van der Waals surface area contributed by atoms with E-state index in [0.29, 0.717) is 11.5 Å². The minimum absolute atomic E-state index is 0.201. The average Bonchev–Trinajstić information content (AvgIpc) is 2.29. The van der Waals surface area contributed by atoms with E-state index in [9.17, 15) is 9.59 Å². The van der Waals surface area contributed by atoms with E-state index in [4.69, 9.17) is 0 Å². The maximum absolute atomic E-state index is 11.8. The minimum atomic E-state index is -0.385. The molecule has 2 rings (SSSR count). The maximum atomic E-state index is 11.8. The van der Waals surface area contributed by atoms with Crippen LogP contribution < -0.4 is 10.7 Å². The van der Waals surface area contributed by atoms with Crippen LogP contribution in [0.4, 0.5) is 5.82 Å². The molecular formula is C12H11N3O2. The molecule has 86 valence electrons. The summed E-state index contributed by atoms with van der Waals surface area (Å²) in [6.07, 6.45) is 1.58. The van der Waals surface area contributed by atoms with Gasteiger partial charge in [0.25, 0.3) is 5.91 Å². The number of hydrogen-bond acceptors (Lipinski definition) is 3. The van der Waals surface area contributed by atoms with E-state index < -0.39 is 0 Å². The zero-order chi connectivity index (χ0) is 12.3. The quantitative estimate of drug-likeness (QED) is 0.815. The molecule has 5 nitrogen and oxygen atoms in total. The van der Waals surface area contributed by atoms with Gasteiger partial charge in [-0.15, -0.1) is 0 Å². The summed E-state index contributed by atoms with van der Waals surface area (Å²) in [5.74, 6) is 0.0596. The van der Waals surface area contributed by atoms with Crippen molar-refractivity contribution in [1.82, 2.24) is 9.97 Å². The molecule has 2 aromatic rings. The SMILES string of the molecule is Cc1cc(=O)cc(C(=O)Nc2ccccn2)[nH]1. The van der Waals surface area contributed by atoms with E-state index in [1.165, 1.54) is 12.1 Å². The standard InChI is InChI=1S/C12H11N3O2/c1-8-6-9(16)7-10(14-8)12(17)15-11-4-2-3-5-13-11/h2-7H,1H3,(H,14,16)(H,13,15,17). The number of hydrogen-bond donors (Lipinski definition) is 2. The lowest BCUT2D eigenvalue weighted by atomic mass is 10.3. The number of carbonyl (C=O) groups excluding carboxylic acids is 1. The Balaban J connectivity index is 2.23. The number of nitrogens with one attached hydrogen (secondary N) is 2. The van der Waals surface area contributed by atoms with E-state index in [2.05, 4.69) is 15.3 Å². The molecule has 17 heavy (non-hydrogen) atoms. The van der Waals surface area contributed by atoms with Crippen molar-refractivity contribution in [2.45, 2.75) is 6.92 Å². The number of rotatable bonds is 2. The molecule has 2 N–H and O–H groups in total. The van der Waals surface area contributed by atoms with Crippen molar-refractivity contribution in [3.8, 4) is 0 Å². The first-order valence-corrected chi connectivity index (χ1v) is 5.08. The Bertz CT molecular complexity index is 590. The molecule has 0 aromatic carbocycles. The summed E-state index contributed by atoms with van der Waals surface area (Å²) in [5, 5.41) is 2.59. The largest absolute Gasteiger partial charge is 0.354 e. The summed E-state index contributed by atoms with van der Waals surface area (Å²) in [4.78, 5) is 29.8. The molecule has 0 spiro atoms. The summed E-state index contributed by atoms with van der Waals surface area (Å²) in [6, 6.07) is 7.88. The number of anilines is 1. The second kappa shape index (κ2) is 4.61. The fraction of sp³-hybridized carbons (Fsp3) is 0.0833. The van der Waals surface area contributed by atoms with Crippen molar-refractivity contribution in [2.24, 2.45) is 0 Å². The van der Waals surface area contributed by atoms with E-state index >= 15 is 0 Å². The average molecular weight is 229 g/mol. The van der Waals surface area contributed by atoms with Gasteiger partial charge in [-0.05, 0) is 19.1 Å². The fourth-order valence-corrected chi connectivity index (χ4v) is 1.42. The number of pyridine rings is 2. The summed E-state index contributed by atoms with van der Waals surface area (Å²) in [7, 11) is 0. The van der Waals surface area contributed by atoms with Crippen LogP contribution in [0.25, 0.3) is 0 Å². The second-order valence-electron chi connectivity index (χ2n) is 3.58. The van der Waals surface area contributed by atoms with Crippen LogP contribution in [-0.4, -0.2) is 15.9 Å². The first-order valence-electron chi connectivity index (χ1n) is 5.08. The van der Waals surface area contributed by atoms with Crippen molar-refractivity contribution in [1.29, 1.82) is 0 Å².